The Hall–Kier alpha value is -4.72. The quantitative estimate of drug-likeness (QED) is 0.348. The second kappa shape index (κ2) is 9.26. The van der Waals surface area contributed by atoms with Crippen molar-refractivity contribution in [2.45, 2.75) is 13.5 Å². The molecule has 0 unspecified atom stereocenters. The van der Waals surface area contributed by atoms with E-state index in [1.165, 1.54) is 10.5 Å². The van der Waals surface area contributed by atoms with E-state index in [2.05, 4.69) is 10.1 Å². The average Bonchev–Trinajstić information content (AvgIpc) is 3.34. The number of fused-ring (bicyclic) bond motifs is 1. The number of rotatable bonds is 6. The lowest BCUT2D eigenvalue weighted by molar-refractivity contribution is 0.0468. The highest BCUT2D eigenvalue weighted by molar-refractivity contribution is 5.97. The molecule has 3 aromatic heterocycles. The van der Waals surface area contributed by atoms with Gasteiger partial charge in [0.1, 0.15) is 29.3 Å². The number of carbonyl (C=O) groups is 1. The van der Waals surface area contributed by atoms with Gasteiger partial charge in [0.25, 0.3) is 5.56 Å². The van der Waals surface area contributed by atoms with Crippen LogP contribution in [0.4, 0.5) is 0 Å². The van der Waals surface area contributed by atoms with Crippen molar-refractivity contribution >= 4 is 11.6 Å². The molecule has 0 fully saturated rings. The van der Waals surface area contributed by atoms with Crippen LogP contribution in [0, 0.1) is 6.92 Å². The molecule has 0 saturated heterocycles. The number of carbonyl (C=O) groups excluding carboxylic acids is 1. The molecule has 0 aliphatic carbocycles. The first-order valence-corrected chi connectivity index (χ1v) is 11.0. The maximum absolute atomic E-state index is 13.2. The first-order valence-electron chi connectivity index (χ1n) is 11.0. The fourth-order valence-electron chi connectivity index (χ4n) is 3.82. The number of ether oxygens (including phenoxy) is 2. The zero-order valence-corrected chi connectivity index (χ0v) is 19.2. The third-order valence-corrected chi connectivity index (χ3v) is 5.53. The van der Waals surface area contributed by atoms with Crippen molar-refractivity contribution in [2.75, 3.05) is 7.11 Å². The molecule has 35 heavy (non-hydrogen) atoms. The third-order valence-electron chi connectivity index (χ3n) is 5.53. The summed E-state index contributed by atoms with van der Waals surface area (Å²) in [5, 5.41) is 4.67. The van der Waals surface area contributed by atoms with Gasteiger partial charge in [-0.15, -0.1) is 0 Å². The highest BCUT2D eigenvalue weighted by Gasteiger charge is 2.22. The van der Waals surface area contributed by atoms with Crippen LogP contribution in [0.5, 0.6) is 5.75 Å². The van der Waals surface area contributed by atoms with Crippen LogP contribution >= 0.6 is 0 Å². The molecule has 5 rings (SSSR count). The Kier molecular flexibility index (Phi) is 5.85. The molecular weight excluding hydrogens is 444 g/mol. The minimum Gasteiger partial charge on any atom is -0.496 e. The molecule has 0 N–H and O–H groups in total. The van der Waals surface area contributed by atoms with Crippen molar-refractivity contribution in [3.63, 3.8) is 0 Å². The Labute approximate surface area is 201 Å². The first kappa shape index (κ1) is 22.1. The molecule has 0 spiro atoms. The van der Waals surface area contributed by atoms with E-state index in [-0.39, 0.29) is 17.7 Å². The van der Waals surface area contributed by atoms with Crippen LogP contribution in [0.15, 0.2) is 90.0 Å². The zero-order chi connectivity index (χ0) is 24.4. The predicted molar refractivity (Wildman–Crippen MR) is 131 cm³/mol. The van der Waals surface area contributed by atoms with Crippen LogP contribution in [0.3, 0.4) is 0 Å². The van der Waals surface area contributed by atoms with Gasteiger partial charge in [-0.05, 0) is 42.8 Å². The summed E-state index contributed by atoms with van der Waals surface area (Å²) in [7, 11) is 1.57. The van der Waals surface area contributed by atoms with E-state index in [0.29, 0.717) is 28.3 Å². The summed E-state index contributed by atoms with van der Waals surface area (Å²) < 4.78 is 14.2. The standard InChI is InChI=1S/C27H22N4O4/c1-18-12-13-24-28-19(14-25(32)30(24)15-18)17-35-27(33)22-16-31(20-8-4-3-5-9-20)29-26(22)21-10-6-7-11-23(21)34-2/h3-16H,17H2,1-2H3. The topological polar surface area (TPSA) is 87.7 Å². The van der Waals surface area contributed by atoms with E-state index in [1.807, 2.05) is 61.5 Å². The number of hydrogen-bond acceptors (Lipinski definition) is 6. The number of para-hydroxylation sites is 2. The molecule has 2 aromatic carbocycles. The average molecular weight is 466 g/mol. The molecule has 0 atom stereocenters. The van der Waals surface area contributed by atoms with Crippen molar-refractivity contribution in [1.29, 1.82) is 0 Å². The summed E-state index contributed by atoms with van der Waals surface area (Å²) in [4.78, 5) is 30.2. The van der Waals surface area contributed by atoms with E-state index < -0.39 is 5.97 Å². The molecule has 0 radical (unpaired) electrons. The molecular formula is C27H22N4O4. The van der Waals surface area contributed by atoms with Crippen LogP contribution in [0.2, 0.25) is 0 Å². The second-order valence-corrected chi connectivity index (χ2v) is 7.97. The number of nitrogens with zero attached hydrogens (tertiary/aromatic N) is 4. The predicted octanol–water partition coefficient (Wildman–Crippen LogP) is 4.22. The largest absolute Gasteiger partial charge is 0.496 e. The fraction of sp³-hybridized carbons (Fsp3) is 0.111. The summed E-state index contributed by atoms with van der Waals surface area (Å²) in [5.41, 5.74) is 3.71. The van der Waals surface area contributed by atoms with Gasteiger partial charge in [-0.3, -0.25) is 9.20 Å². The van der Waals surface area contributed by atoms with Crippen molar-refractivity contribution in [3.05, 3.63) is 112 Å². The Morgan fingerprint density at radius 2 is 1.74 bits per heavy atom. The monoisotopic (exact) mass is 466 g/mol. The van der Waals surface area contributed by atoms with Gasteiger partial charge in [0, 0.05) is 24.0 Å². The van der Waals surface area contributed by atoms with Crippen molar-refractivity contribution in [1.82, 2.24) is 19.2 Å². The van der Waals surface area contributed by atoms with Gasteiger partial charge >= 0.3 is 5.97 Å². The molecule has 0 aliphatic heterocycles. The van der Waals surface area contributed by atoms with E-state index in [4.69, 9.17) is 9.47 Å². The van der Waals surface area contributed by atoms with Crippen molar-refractivity contribution in [3.8, 4) is 22.7 Å². The Morgan fingerprint density at radius 1 is 0.971 bits per heavy atom. The molecule has 0 saturated carbocycles. The van der Waals surface area contributed by atoms with Crippen molar-refractivity contribution in [2.24, 2.45) is 0 Å². The summed E-state index contributed by atoms with van der Waals surface area (Å²) in [5.74, 6) is -0.00151. The van der Waals surface area contributed by atoms with Gasteiger partial charge < -0.3 is 9.47 Å². The fourth-order valence-corrected chi connectivity index (χ4v) is 3.82. The van der Waals surface area contributed by atoms with Crippen molar-refractivity contribution < 1.29 is 14.3 Å². The second-order valence-electron chi connectivity index (χ2n) is 7.97. The molecule has 5 aromatic rings. The lowest BCUT2D eigenvalue weighted by Crippen LogP contribution is -2.17. The van der Waals surface area contributed by atoms with Gasteiger partial charge in [-0.25, -0.2) is 14.5 Å². The van der Waals surface area contributed by atoms with E-state index >= 15 is 0 Å². The highest BCUT2D eigenvalue weighted by atomic mass is 16.5. The number of benzene rings is 2. The Morgan fingerprint density at radius 3 is 2.54 bits per heavy atom. The van der Waals surface area contributed by atoms with Crippen LogP contribution in [0.25, 0.3) is 22.6 Å². The first-order chi connectivity index (χ1) is 17.0. The molecule has 0 amide bonds. The van der Waals surface area contributed by atoms with Crippen LogP contribution in [0.1, 0.15) is 21.6 Å². The van der Waals surface area contributed by atoms with Crippen LogP contribution in [-0.2, 0) is 11.3 Å². The van der Waals surface area contributed by atoms with Gasteiger partial charge in [-0.1, -0.05) is 36.4 Å². The summed E-state index contributed by atoms with van der Waals surface area (Å²) in [6, 6.07) is 21.8. The number of aryl methyl sites for hydroxylation is 1. The van der Waals surface area contributed by atoms with Crippen LogP contribution < -0.4 is 10.3 Å². The lowest BCUT2D eigenvalue weighted by Gasteiger charge is -2.08. The molecule has 3 heterocycles. The number of pyridine rings is 1. The lowest BCUT2D eigenvalue weighted by atomic mass is 10.1. The summed E-state index contributed by atoms with van der Waals surface area (Å²) >= 11 is 0. The molecule has 8 nitrogen and oxygen atoms in total. The maximum atomic E-state index is 13.2. The van der Waals surface area contributed by atoms with Crippen LogP contribution in [-0.4, -0.2) is 32.2 Å². The normalized spacial score (nSPS) is 10.9. The highest BCUT2D eigenvalue weighted by Crippen LogP contribution is 2.32. The Balaban J connectivity index is 1.49. The number of esters is 1. The molecule has 0 aliphatic rings. The summed E-state index contributed by atoms with van der Waals surface area (Å²) in [6.07, 6.45) is 3.35. The molecule has 174 valence electrons. The SMILES string of the molecule is COc1ccccc1-c1nn(-c2ccccc2)cc1C(=O)OCc1cc(=O)n2cc(C)ccc2n1. The smallest absolute Gasteiger partial charge is 0.342 e. The minimum atomic E-state index is -0.584. The van der Waals surface area contributed by atoms with Gasteiger partial charge in [0.05, 0.1) is 18.5 Å². The maximum Gasteiger partial charge on any atom is 0.342 e. The summed E-state index contributed by atoms with van der Waals surface area (Å²) in [6.45, 7) is 1.75. The van der Waals surface area contributed by atoms with Gasteiger partial charge in [0.2, 0.25) is 0 Å². The van der Waals surface area contributed by atoms with E-state index in [9.17, 15) is 9.59 Å². The molecule has 8 heteroatoms. The molecule has 0 bridgehead atoms. The number of hydrogen-bond donors (Lipinski definition) is 0. The Bertz CT molecular complexity index is 1590. The van der Waals surface area contributed by atoms with Gasteiger partial charge in [-0.2, -0.15) is 5.10 Å². The third kappa shape index (κ3) is 4.41. The number of aromatic nitrogens is 4. The van der Waals surface area contributed by atoms with Gasteiger partial charge in [0.15, 0.2) is 0 Å². The zero-order valence-electron chi connectivity index (χ0n) is 19.2. The van der Waals surface area contributed by atoms with E-state index in [1.54, 1.807) is 36.3 Å². The minimum absolute atomic E-state index is 0.152. The number of methoxy groups -OCH3 is 1. The van der Waals surface area contributed by atoms with E-state index in [0.717, 1.165) is 11.3 Å².